The Labute approximate surface area is 134 Å². The molecule has 1 aromatic rings. The van der Waals surface area contributed by atoms with Gasteiger partial charge in [-0.05, 0) is 40.7 Å². The number of aliphatic hydroxyl groups excluding tert-OH is 1. The van der Waals surface area contributed by atoms with Crippen LogP contribution in [0.15, 0.2) is 18.2 Å². The maximum atomic E-state index is 10.9. The van der Waals surface area contributed by atoms with E-state index in [1.54, 1.807) is 6.07 Å². The second-order valence-electron chi connectivity index (χ2n) is 6.46. The van der Waals surface area contributed by atoms with Crippen molar-refractivity contribution in [1.29, 1.82) is 5.41 Å². The molecule has 0 radical (unpaired) electrons. The minimum atomic E-state index is -0.571. The zero-order valence-corrected chi connectivity index (χ0v) is 14.4. The summed E-state index contributed by atoms with van der Waals surface area (Å²) in [5, 5.41) is 18.8. The van der Waals surface area contributed by atoms with E-state index in [0.717, 1.165) is 36.8 Å². The van der Waals surface area contributed by atoms with Gasteiger partial charge in [0.25, 0.3) is 0 Å². The molecule has 0 fully saturated rings. The van der Waals surface area contributed by atoms with Gasteiger partial charge in [0.1, 0.15) is 0 Å². The summed E-state index contributed by atoms with van der Waals surface area (Å²) < 4.78 is 0. The molecule has 2 nitrogen and oxygen atoms in total. The summed E-state index contributed by atoms with van der Waals surface area (Å²) in [5.74, 6) is 0.477. The second-order valence-corrected chi connectivity index (χ2v) is 6.90. The monoisotopic (exact) mass is 309 g/mol. The molecule has 0 amide bonds. The maximum Gasteiger partial charge on any atom is 0.0844 e. The highest BCUT2D eigenvalue weighted by Crippen LogP contribution is 2.44. The molecule has 0 bridgehead atoms. The van der Waals surface area contributed by atoms with Crippen LogP contribution in [0.1, 0.15) is 70.6 Å². The summed E-state index contributed by atoms with van der Waals surface area (Å²) in [6.45, 7) is 8.66. The first-order valence-electron chi connectivity index (χ1n) is 7.85. The van der Waals surface area contributed by atoms with Gasteiger partial charge in [-0.1, -0.05) is 65.0 Å². The van der Waals surface area contributed by atoms with E-state index >= 15 is 0 Å². The van der Waals surface area contributed by atoms with Gasteiger partial charge in [0.2, 0.25) is 0 Å². The molecule has 1 rings (SSSR count). The van der Waals surface area contributed by atoms with E-state index in [1.807, 2.05) is 12.1 Å². The molecule has 0 aromatic heterocycles. The predicted molar refractivity (Wildman–Crippen MR) is 91.4 cm³/mol. The van der Waals surface area contributed by atoms with Gasteiger partial charge < -0.3 is 10.5 Å². The Morgan fingerprint density at radius 1 is 1.19 bits per heavy atom. The molecule has 0 spiro atoms. The fourth-order valence-corrected chi connectivity index (χ4v) is 3.37. The number of benzene rings is 1. The van der Waals surface area contributed by atoms with E-state index in [1.165, 1.54) is 6.21 Å². The number of aliphatic hydroxyl groups is 1. The van der Waals surface area contributed by atoms with E-state index in [0.29, 0.717) is 10.9 Å². The normalized spacial score (nSPS) is 13.5. The Morgan fingerprint density at radius 3 is 2.24 bits per heavy atom. The predicted octanol–water partition coefficient (Wildman–Crippen LogP) is 5.61. The van der Waals surface area contributed by atoms with Gasteiger partial charge in [0, 0.05) is 11.2 Å². The van der Waals surface area contributed by atoms with E-state index < -0.39 is 6.10 Å². The summed E-state index contributed by atoms with van der Waals surface area (Å²) in [6, 6.07) is 5.42. The summed E-state index contributed by atoms with van der Waals surface area (Å²) in [7, 11) is 0. The van der Waals surface area contributed by atoms with Gasteiger partial charge in [-0.2, -0.15) is 0 Å². The number of hydrogen-bond donors (Lipinski definition) is 2. The lowest BCUT2D eigenvalue weighted by molar-refractivity contribution is -0.00243. The van der Waals surface area contributed by atoms with Crippen LogP contribution in [-0.2, 0) is 0 Å². The largest absolute Gasteiger partial charge is 0.388 e. The lowest BCUT2D eigenvalue weighted by atomic mass is 9.69. The lowest BCUT2D eigenvalue weighted by Gasteiger charge is -2.39. The van der Waals surface area contributed by atoms with Crippen molar-refractivity contribution in [2.45, 2.75) is 59.5 Å². The molecule has 2 N–H and O–H groups in total. The topological polar surface area (TPSA) is 44.1 Å². The van der Waals surface area contributed by atoms with Gasteiger partial charge in [-0.15, -0.1) is 0 Å². The Bertz CT molecular complexity index is 464. The van der Waals surface area contributed by atoms with Gasteiger partial charge >= 0.3 is 0 Å². The van der Waals surface area contributed by atoms with Crippen LogP contribution < -0.4 is 0 Å². The molecule has 118 valence electrons. The average molecular weight is 310 g/mol. The summed E-state index contributed by atoms with van der Waals surface area (Å²) in [4.78, 5) is 0. The maximum absolute atomic E-state index is 10.9. The molecule has 1 aromatic carbocycles. The zero-order valence-electron chi connectivity index (χ0n) is 13.6. The highest BCUT2D eigenvalue weighted by atomic mass is 35.5. The fraction of sp³-hybridized carbons (Fsp3) is 0.611. The average Bonchev–Trinajstić information content (AvgIpc) is 2.45. The Morgan fingerprint density at radius 2 is 1.76 bits per heavy atom. The van der Waals surface area contributed by atoms with Gasteiger partial charge in [0.15, 0.2) is 0 Å². The molecule has 3 heteroatoms. The summed E-state index contributed by atoms with van der Waals surface area (Å²) in [6.07, 6.45) is 5.19. The number of hydrogen-bond acceptors (Lipinski definition) is 2. The summed E-state index contributed by atoms with van der Waals surface area (Å²) in [5.41, 5.74) is 1.33. The number of nitrogens with one attached hydrogen (secondary N) is 1. The molecule has 0 heterocycles. The van der Waals surface area contributed by atoms with Crippen molar-refractivity contribution < 1.29 is 5.11 Å². The number of halogens is 1. The third-order valence-corrected chi connectivity index (χ3v) is 4.67. The molecule has 0 aliphatic heterocycles. The molecule has 1 atom stereocenters. The molecular formula is C18H28ClNO. The molecule has 0 saturated heterocycles. The van der Waals surface area contributed by atoms with Crippen LogP contribution in [0.3, 0.4) is 0 Å². The van der Waals surface area contributed by atoms with Crippen molar-refractivity contribution in [3.05, 3.63) is 34.3 Å². The molecule has 0 aliphatic carbocycles. The Balaban J connectivity index is 3.10. The van der Waals surface area contributed by atoms with Crippen LogP contribution in [0, 0.1) is 16.7 Å². The number of rotatable bonds is 8. The van der Waals surface area contributed by atoms with Crippen molar-refractivity contribution in [3.63, 3.8) is 0 Å². The fourth-order valence-electron chi connectivity index (χ4n) is 3.12. The quantitative estimate of drug-likeness (QED) is 0.602. The SMILES string of the molecule is CCCC(CCC)C(C)(C)C(O)c1cc(Cl)cc(C=N)c1. The molecule has 0 aliphatic rings. The third kappa shape index (κ3) is 4.55. The van der Waals surface area contributed by atoms with Crippen LogP contribution in [-0.4, -0.2) is 11.3 Å². The minimum absolute atomic E-state index is 0.212. The van der Waals surface area contributed by atoms with E-state index in [-0.39, 0.29) is 5.41 Å². The minimum Gasteiger partial charge on any atom is -0.388 e. The van der Waals surface area contributed by atoms with E-state index in [4.69, 9.17) is 17.0 Å². The molecule has 0 saturated carbocycles. The van der Waals surface area contributed by atoms with Crippen molar-refractivity contribution >= 4 is 17.8 Å². The molecular weight excluding hydrogens is 282 g/mol. The van der Waals surface area contributed by atoms with E-state index in [2.05, 4.69) is 27.7 Å². The first-order chi connectivity index (χ1) is 9.86. The lowest BCUT2D eigenvalue weighted by Crippen LogP contribution is -2.31. The van der Waals surface area contributed by atoms with Crippen molar-refractivity contribution in [2.75, 3.05) is 0 Å². The molecule has 1 unspecified atom stereocenters. The highest BCUT2D eigenvalue weighted by molar-refractivity contribution is 6.30. The first-order valence-corrected chi connectivity index (χ1v) is 8.23. The Kier molecular flexibility index (Phi) is 6.89. The van der Waals surface area contributed by atoms with Crippen LogP contribution in [0.2, 0.25) is 5.02 Å². The van der Waals surface area contributed by atoms with Crippen LogP contribution in [0.4, 0.5) is 0 Å². The van der Waals surface area contributed by atoms with Crippen molar-refractivity contribution in [1.82, 2.24) is 0 Å². The van der Waals surface area contributed by atoms with Gasteiger partial charge in [-0.25, -0.2) is 0 Å². The standard InChI is InChI=1S/C18H28ClNO/c1-5-7-15(8-6-2)18(3,4)17(21)14-9-13(12-20)10-16(19)11-14/h9-12,15,17,20-21H,5-8H2,1-4H3. The first kappa shape index (κ1) is 18.2. The smallest absolute Gasteiger partial charge is 0.0844 e. The second kappa shape index (κ2) is 7.95. The van der Waals surface area contributed by atoms with Crippen LogP contribution in [0.5, 0.6) is 0 Å². The van der Waals surface area contributed by atoms with Crippen LogP contribution >= 0.6 is 11.6 Å². The van der Waals surface area contributed by atoms with E-state index in [9.17, 15) is 5.11 Å². The third-order valence-electron chi connectivity index (χ3n) is 4.46. The van der Waals surface area contributed by atoms with Gasteiger partial charge in [0.05, 0.1) is 6.10 Å². The zero-order chi connectivity index (χ0) is 16.0. The highest BCUT2D eigenvalue weighted by Gasteiger charge is 2.36. The Hall–Kier alpha value is -0.860. The van der Waals surface area contributed by atoms with Crippen molar-refractivity contribution in [2.24, 2.45) is 11.3 Å². The van der Waals surface area contributed by atoms with Crippen molar-refractivity contribution in [3.8, 4) is 0 Å². The van der Waals surface area contributed by atoms with Gasteiger partial charge in [-0.3, -0.25) is 0 Å². The summed E-state index contributed by atoms with van der Waals surface area (Å²) >= 11 is 6.11. The van der Waals surface area contributed by atoms with Crippen LogP contribution in [0.25, 0.3) is 0 Å². The molecule has 21 heavy (non-hydrogen) atoms.